The Bertz CT molecular complexity index is 701. The second kappa shape index (κ2) is 7.05. The van der Waals surface area contributed by atoms with Crippen molar-refractivity contribution < 1.29 is 4.79 Å². The Hall–Kier alpha value is -2.33. The molecule has 0 unspecified atom stereocenters. The van der Waals surface area contributed by atoms with Gasteiger partial charge in [0.2, 0.25) is 0 Å². The molecule has 0 amide bonds. The van der Waals surface area contributed by atoms with Gasteiger partial charge < -0.3 is 10.6 Å². The normalized spacial score (nSPS) is 15.7. The van der Waals surface area contributed by atoms with E-state index in [9.17, 15) is 4.79 Å². The van der Waals surface area contributed by atoms with Crippen molar-refractivity contribution in [1.29, 1.82) is 0 Å². The van der Waals surface area contributed by atoms with Crippen LogP contribution in [0, 0.1) is 0 Å². The zero-order valence-electron chi connectivity index (χ0n) is 14.4. The van der Waals surface area contributed by atoms with Crippen molar-refractivity contribution in [3.05, 3.63) is 48.0 Å². The molecule has 1 saturated heterocycles. The fraction of sp³-hybridized carbons (Fsp3) is 0.350. The number of nitrogens with zero attached hydrogens (tertiary/aromatic N) is 2. The van der Waals surface area contributed by atoms with Crippen LogP contribution < -0.4 is 10.6 Å². The summed E-state index contributed by atoms with van der Waals surface area (Å²) in [4.78, 5) is 16.0. The van der Waals surface area contributed by atoms with Crippen LogP contribution in [0.1, 0.15) is 24.2 Å². The molecular weight excluding hydrogens is 298 g/mol. The van der Waals surface area contributed by atoms with Gasteiger partial charge in [0.25, 0.3) is 0 Å². The first-order valence-corrected chi connectivity index (χ1v) is 8.52. The van der Waals surface area contributed by atoms with Gasteiger partial charge in [-0.3, -0.25) is 9.69 Å². The average Bonchev–Trinajstić information content (AvgIpc) is 2.62. The Morgan fingerprint density at radius 1 is 0.958 bits per heavy atom. The SMILES string of the molecule is CC(C)N1CCN(c2ccc(-c3ccc(N)c(C=O)c3)cc2)CC1. The van der Waals surface area contributed by atoms with Crippen molar-refractivity contribution in [3.63, 3.8) is 0 Å². The topological polar surface area (TPSA) is 49.6 Å². The van der Waals surface area contributed by atoms with Crippen molar-refractivity contribution in [2.75, 3.05) is 36.8 Å². The molecule has 1 aliphatic heterocycles. The van der Waals surface area contributed by atoms with Gasteiger partial charge in [-0.15, -0.1) is 0 Å². The van der Waals surface area contributed by atoms with Crippen molar-refractivity contribution in [3.8, 4) is 11.1 Å². The lowest BCUT2D eigenvalue weighted by molar-refractivity contribution is 0.112. The second-order valence-electron chi connectivity index (χ2n) is 6.63. The maximum atomic E-state index is 11.1. The van der Waals surface area contributed by atoms with Crippen molar-refractivity contribution in [2.24, 2.45) is 0 Å². The molecular formula is C20H25N3O. The van der Waals surface area contributed by atoms with Gasteiger partial charge in [0, 0.05) is 49.2 Å². The van der Waals surface area contributed by atoms with Crippen LogP contribution in [-0.2, 0) is 0 Å². The Morgan fingerprint density at radius 2 is 1.58 bits per heavy atom. The molecule has 0 saturated carbocycles. The highest BCUT2D eigenvalue weighted by Crippen LogP contribution is 2.26. The standard InChI is InChI=1S/C20H25N3O/c1-15(2)22-9-11-23(12-10-22)19-6-3-16(4-7-19)17-5-8-20(21)18(13-17)14-24/h3-8,13-15H,9-12,21H2,1-2H3. The lowest BCUT2D eigenvalue weighted by Gasteiger charge is -2.38. The van der Waals surface area contributed by atoms with E-state index in [1.807, 2.05) is 12.1 Å². The van der Waals surface area contributed by atoms with E-state index in [1.54, 1.807) is 6.07 Å². The Kier molecular flexibility index (Phi) is 4.86. The van der Waals surface area contributed by atoms with E-state index in [2.05, 4.69) is 47.9 Å². The fourth-order valence-electron chi connectivity index (χ4n) is 3.22. The number of rotatable bonds is 4. The van der Waals surface area contributed by atoms with Gasteiger partial charge >= 0.3 is 0 Å². The van der Waals surface area contributed by atoms with E-state index in [4.69, 9.17) is 5.73 Å². The molecule has 2 aromatic rings. The largest absolute Gasteiger partial charge is 0.398 e. The van der Waals surface area contributed by atoms with Crippen LogP contribution in [0.15, 0.2) is 42.5 Å². The van der Waals surface area contributed by atoms with E-state index < -0.39 is 0 Å². The number of benzene rings is 2. The second-order valence-corrected chi connectivity index (χ2v) is 6.63. The first-order valence-electron chi connectivity index (χ1n) is 8.52. The highest BCUT2D eigenvalue weighted by atomic mass is 16.1. The monoisotopic (exact) mass is 323 g/mol. The maximum Gasteiger partial charge on any atom is 0.152 e. The molecule has 126 valence electrons. The molecule has 0 bridgehead atoms. The first kappa shape index (κ1) is 16.5. The summed E-state index contributed by atoms with van der Waals surface area (Å²) in [5.74, 6) is 0. The molecule has 3 rings (SSSR count). The molecule has 1 heterocycles. The number of aldehydes is 1. The average molecular weight is 323 g/mol. The minimum Gasteiger partial charge on any atom is -0.398 e. The number of hydrogen-bond acceptors (Lipinski definition) is 4. The van der Waals surface area contributed by atoms with Crippen molar-refractivity contribution in [1.82, 2.24) is 4.90 Å². The van der Waals surface area contributed by atoms with E-state index in [-0.39, 0.29) is 0 Å². The number of anilines is 2. The summed E-state index contributed by atoms with van der Waals surface area (Å²) in [5.41, 5.74) is 10.2. The van der Waals surface area contributed by atoms with Gasteiger partial charge in [-0.25, -0.2) is 0 Å². The van der Waals surface area contributed by atoms with Crippen molar-refractivity contribution in [2.45, 2.75) is 19.9 Å². The highest BCUT2D eigenvalue weighted by Gasteiger charge is 2.18. The zero-order valence-corrected chi connectivity index (χ0v) is 14.4. The molecule has 0 atom stereocenters. The third kappa shape index (κ3) is 3.44. The summed E-state index contributed by atoms with van der Waals surface area (Å²) in [6.07, 6.45) is 0.807. The van der Waals surface area contributed by atoms with Crippen LogP contribution >= 0.6 is 0 Å². The van der Waals surface area contributed by atoms with Crippen LogP contribution in [0.3, 0.4) is 0 Å². The molecule has 1 aliphatic rings. The molecule has 4 nitrogen and oxygen atoms in total. The number of nitrogen functional groups attached to an aromatic ring is 1. The third-order valence-corrected chi connectivity index (χ3v) is 4.82. The highest BCUT2D eigenvalue weighted by molar-refractivity contribution is 5.86. The molecule has 0 radical (unpaired) electrons. The number of carbonyl (C=O) groups is 1. The first-order chi connectivity index (χ1) is 11.6. The molecule has 0 spiro atoms. The van der Waals surface area contributed by atoms with Gasteiger partial charge in [0.05, 0.1) is 0 Å². The van der Waals surface area contributed by atoms with E-state index in [0.717, 1.165) is 43.6 Å². The molecule has 2 N–H and O–H groups in total. The molecule has 0 aliphatic carbocycles. The predicted molar refractivity (Wildman–Crippen MR) is 101 cm³/mol. The number of carbonyl (C=O) groups excluding carboxylic acids is 1. The van der Waals surface area contributed by atoms with Gasteiger partial charge in [-0.05, 0) is 49.2 Å². The number of piperazine rings is 1. The van der Waals surface area contributed by atoms with Crippen LogP contribution in [0.4, 0.5) is 11.4 Å². The van der Waals surface area contributed by atoms with Gasteiger partial charge in [-0.2, -0.15) is 0 Å². The molecule has 1 fully saturated rings. The molecule has 4 heteroatoms. The van der Waals surface area contributed by atoms with Crippen molar-refractivity contribution >= 4 is 17.7 Å². The lowest BCUT2D eigenvalue weighted by Crippen LogP contribution is -2.48. The van der Waals surface area contributed by atoms with E-state index in [1.165, 1.54) is 5.69 Å². The minimum atomic E-state index is 0.522. The molecule has 2 aromatic carbocycles. The van der Waals surface area contributed by atoms with Crippen LogP contribution in [0.25, 0.3) is 11.1 Å². The van der Waals surface area contributed by atoms with Gasteiger partial charge in [-0.1, -0.05) is 18.2 Å². The molecule has 24 heavy (non-hydrogen) atoms. The Labute approximate surface area is 143 Å². The number of nitrogens with two attached hydrogens (primary N) is 1. The van der Waals surface area contributed by atoms with Crippen LogP contribution in [0.2, 0.25) is 0 Å². The number of hydrogen-bond donors (Lipinski definition) is 1. The Morgan fingerprint density at radius 3 is 2.17 bits per heavy atom. The Balaban J connectivity index is 1.73. The van der Waals surface area contributed by atoms with E-state index in [0.29, 0.717) is 17.3 Å². The summed E-state index contributed by atoms with van der Waals surface area (Å²) in [6, 6.07) is 14.8. The predicted octanol–water partition coefficient (Wildman–Crippen LogP) is 3.28. The van der Waals surface area contributed by atoms with Crippen LogP contribution in [-0.4, -0.2) is 43.4 Å². The summed E-state index contributed by atoms with van der Waals surface area (Å²) >= 11 is 0. The minimum absolute atomic E-state index is 0.522. The summed E-state index contributed by atoms with van der Waals surface area (Å²) in [6.45, 7) is 8.86. The fourth-order valence-corrected chi connectivity index (χ4v) is 3.22. The van der Waals surface area contributed by atoms with E-state index >= 15 is 0 Å². The third-order valence-electron chi connectivity index (χ3n) is 4.82. The van der Waals surface area contributed by atoms with Gasteiger partial charge in [0.1, 0.15) is 0 Å². The smallest absolute Gasteiger partial charge is 0.152 e. The summed E-state index contributed by atoms with van der Waals surface area (Å²) < 4.78 is 0. The quantitative estimate of drug-likeness (QED) is 0.693. The lowest BCUT2D eigenvalue weighted by atomic mass is 10.0. The summed E-state index contributed by atoms with van der Waals surface area (Å²) in [7, 11) is 0. The van der Waals surface area contributed by atoms with Gasteiger partial charge in [0.15, 0.2) is 6.29 Å². The summed E-state index contributed by atoms with van der Waals surface area (Å²) in [5, 5.41) is 0. The zero-order chi connectivity index (χ0) is 17.1. The van der Waals surface area contributed by atoms with Crippen LogP contribution in [0.5, 0.6) is 0 Å². The maximum absolute atomic E-state index is 11.1. The molecule has 0 aromatic heterocycles.